The predicted octanol–water partition coefficient (Wildman–Crippen LogP) is 2.05. The van der Waals surface area contributed by atoms with Crippen LogP contribution in [0.2, 0.25) is 0 Å². The Hall–Kier alpha value is -1.76. The fraction of sp³-hybridized carbons (Fsp3) is 0.417. The maximum absolute atomic E-state index is 12.6. The Kier molecular flexibility index (Phi) is 5.17. The normalized spacial score (nSPS) is 11.4. The van der Waals surface area contributed by atoms with Gasteiger partial charge in [0.2, 0.25) is 0 Å². The van der Waals surface area contributed by atoms with Crippen LogP contribution in [-0.2, 0) is 10.9 Å². The maximum Gasteiger partial charge on any atom is 0.418 e. The fourth-order valence-electron chi connectivity index (χ4n) is 1.52. The number of carbonyl (C=O) groups is 1. The minimum atomic E-state index is -4.57. The van der Waals surface area contributed by atoms with E-state index in [0.717, 1.165) is 12.1 Å². The van der Waals surface area contributed by atoms with Gasteiger partial charge in [0.25, 0.3) is 5.91 Å². The molecule has 3 N–H and O–H groups in total. The number of nitrogens with one attached hydrogen (secondary N) is 1. The average molecular weight is 276 g/mol. The van der Waals surface area contributed by atoms with Crippen molar-refractivity contribution in [2.24, 2.45) is 0 Å². The minimum Gasteiger partial charge on any atom is -0.398 e. The molecular formula is C12H15F3N2O2. The van der Waals surface area contributed by atoms with E-state index in [2.05, 4.69) is 5.32 Å². The lowest BCUT2D eigenvalue weighted by molar-refractivity contribution is -0.136. The van der Waals surface area contributed by atoms with Crippen molar-refractivity contribution < 1.29 is 22.7 Å². The number of rotatable bonds is 5. The standard InChI is InChI=1S/C12H15F3N2O2/c1-19-7-3-6-17-11(18)8-4-2-5-9(10(8)16)12(13,14)15/h2,4-5H,3,6-7,16H2,1H3,(H,17,18). The van der Waals surface area contributed by atoms with Gasteiger partial charge in [-0.2, -0.15) is 13.2 Å². The number of amides is 1. The minimum absolute atomic E-state index is 0.174. The molecule has 0 saturated heterocycles. The molecule has 0 radical (unpaired) electrons. The molecule has 0 aliphatic rings. The van der Waals surface area contributed by atoms with Crippen LogP contribution in [0.25, 0.3) is 0 Å². The van der Waals surface area contributed by atoms with Crippen LogP contribution in [0.3, 0.4) is 0 Å². The second kappa shape index (κ2) is 6.42. The Morgan fingerprint density at radius 1 is 1.42 bits per heavy atom. The molecule has 0 fully saturated rings. The van der Waals surface area contributed by atoms with Gasteiger partial charge in [0.1, 0.15) is 0 Å². The first-order valence-corrected chi connectivity index (χ1v) is 5.60. The summed E-state index contributed by atoms with van der Waals surface area (Å²) in [6.07, 6.45) is -4.00. The summed E-state index contributed by atoms with van der Waals surface area (Å²) in [5.74, 6) is -0.625. The molecule has 0 spiro atoms. The van der Waals surface area contributed by atoms with E-state index in [1.54, 1.807) is 0 Å². The Morgan fingerprint density at radius 3 is 2.68 bits per heavy atom. The summed E-state index contributed by atoms with van der Waals surface area (Å²) in [6.45, 7) is 0.765. The highest BCUT2D eigenvalue weighted by molar-refractivity contribution is 5.99. The smallest absolute Gasteiger partial charge is 0.398 e. The number of nitrogens with two attached hydrogens (primary N) is 1. The molecule has 0 saturated carbocycles. The number of halogens is 3. The number of nitrogen functional groups attached to an aromatic ring is 1. The zero-order chi connectivity index (χ0) is 14.5. The summed E-state index contributed by atoms with van der Waals surface area (Å²) >= 11 is 0. The van der Waals surface area contributed by atoms with Crippen molar-refractivity contribution in [3.63, 3.8) is 0 Å². The summed E-state index contributed by atoms with van der Waals surface area (Å²) in [7, 11) is 1.52. The van der Waals surface area contributed by atoms with Crippen LogP contribution >= 0.6 is 0 Å². The monoisotopic (exact) mass is 276 g/mol. The number of ether oxygens (including phenoxy) is 1. The molecule has 106 valence electrons. The number of carbonyl (C=O) groups excluding carboxylic acids is 1. The lowest BCUT2D eigenvalue weighted by atomic mass is 10.1. The van der Waals surface area contributed by atoms with Crippen molar-refractivity contribution >= 4 is 11.6 Å². The molecular weight excluding hydrogens is 261 g/mol. The number of alkyl halides is 3. The van der Waals surface area contributed by atoms with Crippen LogP contribution in [0.15, 0.2) is 18.2 Å². The first-order chi connectivity index (χ1) is 8.88. The highest BCUT2D eigenvalue weighted by Gasteiger charge is 2.34. The van der Waals surface area contributed by atoms with Gasteiger partial charge >= 0.3 is 6.18 Å². The average Bonchev–Trinajstić information content (AvgIpc) is 2.33. The van der Waals surface area contributed by atoms with Gasteiger partial charge in [-0.15, -0.1) is 0 Å². The molecule has 19 heavy (non-hydrogen) atoms. The van der Waals surface area contributed by atoms with Crippen LogP contribution in [0.1, 0.15) is 22.3 Å². The molecule has 0 heterocycles. The van der Waals surface area contributed by atoms with E-state index >= 15 is 0 Å². The van der Waals surface area contributed by atoms with Gasteiger partial charge in [0, 0.05) is 20.3 Å². The van der Waals surface area contributed by atoms with E-state index in [-0.39, 0.29) is 5.56 Å². The molecule has 7 heteroatoms. The van der Waals surface area contributed by atoms with E-state index in [9.17, 15) is 18.0 Å². The lowest BCUT2D eigenvalue weighted by Gasteiger charge is -2.13. The van der Waals surface area contributed by atoms with Crippen molar-refractivity contribution in [1.29, 1.82) is 0 Å². The summed E-state index contributed by atoms with van der Waals surface area (Å²) in [5, 5.41) is 2.49. The highest BCUT2D eigenvalue weighted by atomic mass is 19.4. The second-order valence-electron chi connectivity index (χ2n) is 3.87. The largest absolute Gasteiger partial charge is 0.418 e. The van der Waals surface area contributed by atoms with Crippen LogP contribution in [0.5, 0.6) is 0 Å². The molecule has 0 unspecified atom stereocenters. The van der Waals surface area contributed by atoms with Gasteiger partial charge in [-0.1, -0.05) is 6.07 Å². The Bertz CT molecular complexity index is 447. The lowest BCUT2D eigenvalue weighted by Crippen LogP contribution is -2.26. The summed E-state index contributed by atoms with van der Waals surface area (Å²) < 4.78 is 42.6. The summed E-state index contributed by atoms with van der Waals surface area (Å²) in [6, 6.07) is 3.26. The molecule has 0 bridgehead atoms. The molecule has 0 aliphatic carbocycles. The van der Waals surface area contributed by atoms with Gasteiger partial charge in [0.15, 0.2) is 0 Å². The molecule has 4 nitrogen and oxygen atoms in total. The maximum atomic E-state index is 12.6. The Morgan fingerprint density at radius 2 is 2.11 bits per heavy atom. The molecule has 0 aromatic heterocycles. The van der Waals surface area contributed by atoms with Gasteiger partial charge in [-0.05, 0) is 18.6 Å². The van der Waals surface area contributed by atoms with Crippen LogP contribution in [-0.4, -0.2) is 26.2 Å². The van der Waals surface area contributed by atoms with Crippen LogP contribution < -0.4 is 11.1 Å². The topological polar surface area (TPSA) is 64.3 Å². The number of anilines is 1. The van der Waals surface area contributed by atoms with E-state index in [1.807, 2.05) is 0 Å². The zero-order valence-electron chi connectivity index (χ0n) is 10.4. The predicted molar refractivity (Wildman–Crippen MR) is 64.7 cm³/mol. The molecule has 1 aromatic carbocycles. The summed E-state index contributed by atoms with van der Waals surface area (Å²) in [4.78, 5) is 11.7. The van der Waals surface area contributed by atoms with Crippen molar-refractivity contribution in [2.45, 2.75) is 12.6 Å². The van der Waals surface area contributed by atoms with Crippen molar-refractivity contribution in [1.82, 2.24) is 5.32 Å². The highest BCUT2D eigenvalue weighted by Crippen LogP contribution is 2.34. The van der Waals surface area contributed by atoms with Crippen LogP contribution in [0.4, 0.5) is 18.9 Å². The van der Waals surface area contributed by atoms with E-state index in [1.165, 1.54) is 13.2 Å². The quantitative estimate of drug-likeness (QED) is 0.639. The zero-order valence-corrected chi connectivity index (χ0v) is 10.4. The molecule has 1 rings (SSSR count). The number of methoxy groups -OCH3 is 1. The van der Waals surface area contributed by atoms with E-state index < -0.39 is 23.3 Å². The van der Waals surface area contributed by atoms with E-state index in [4.69, 9.17) is 10.5 Å². The molecule has 0 atom stereocenters. The van der Waals surface area contributed by atoms with Crippen molar-refractivity contribution in [2.75, 3.05) is 26.0 Å². The van der Waals surface area contributed by atoms with Gasteiger partial charge in [-0.3, -0.25) is 4.79 Å². The van der Waals surface area contributed by atoms with Gasteiger partial charge in [-0.25, -0.2) is 0 Å². The van der Waals surface area contributed by atoms with Gasteiger partial charge in [0.05, 0.1) is 16.8 Å². The van der Waals surface area contributed by atoms with E-state index in [0.29, 0.717) is 19.6 Å². The van der Waals surface area contributed by atoms with Crippen molar-refractivity contribution in [3.05, 3.63) is 29.3 Å². The Balaban J connectivity index is 2.81. The third-order valence-corrected chi connectivity index (χ3v) is 2.47. The van der Waals surface area contributed by atoms with Gasteiger partial charge < -0.3 is 15.8 Å². The number of hydrogen-bond acceptors (Lipinski definition) is 3. The summed E-state index contributed by atoms with van der Waals surface area (Å²) in [5.41, 5.74) is 3.66. The SMILES string of the molecule is COCCCNC(=O)c1cccc(C(F)(F)F)c1N. The fourth-order valence-corrected chi connectivity index (χ4v) is 1.52. The number of para-hydroxylation sites is 1. The van der Waals surface area contributed by atoms with Crippen molar-refractivity contribution in [3.8, 4) is 0 Å². The third-order valence-electron chi connectivity index (χ3n) is 2.47. The number of hydrogen-bond donors (Lipinski definition) is 2. The van der Waals surface area contributed by atoms with Crippen LogP contribution in [0, 0.1) is 0 Å². The molecule has 1 amide bonds. The molecule has 0 aliphatic heterocycles. The molecule has 1 aromatic rings. The third kappa shape index (κ3) is 4.13. The first kappa shape index (κ1) is 15.3. The first-order valence-electron chi connectivity index (χ1n) is 5.60. The Labute approximate surface area is 108 Å². The number of benzene rings is 1. The second-order valence-corrected chi connectivity index (χ2v) is 3.87.